The van der Waals surface area contributed by atoms with E-state index in [-0.39, 0.29) is 29.8 Å². The van der Waals surface area contributed by atoms with Gasteiger partial charge in [-0.3, -0.25) is 4.79 Å². The molecule has 1 N–H and O–H groups in total. The summed E-state index contributed by atoms with van der Waals surface area (Å²) >= 11 is 0. The number of hydrogen-bond acceptors (Lipinski definition) is 6. The number of carbonyl (C=O) groups excluding carboxylic acids is 2. The smallest absolute Gasteiger partial charge is 0.492 e. The SMILES string of the molecule is Cc1ccc(NC(=O)C2(C)COc3cc4c(cc32)OC(F)(F)O4)cc1-c1cccc(C(=O)OC(C)(C)C)c1. The number of ether oxygens (including phenoxy) is 4. The molecule has 0 aromatic heterocycles. The van der Waals surface area contributed by atoms with E-state index in [1.807, 2.05) is 45.9 Å². The predicted molar refractivity (Wildman–Crippen MR) is 136 cm³/mol. The minimum atomic E-state index is -3.77. The molecule has 0 radical (unpaired) electrons. The van der Waals surface area contributed by atoms with Gasteiger partial charge in [0.25, 0.3) is 0 Å². The maximum absolute atomic E-state index is 13.5. The summed E-state index contributed by atoms with van der Waals surface area (Å²) in [6.07, 6.45) is -3.77. The first-order chi connectivity index (χ1) is 17.7. The number of nitrogens with one attached hydrogen (secondary N) is 1. The standard InChI is InChI=1S/C29H27F2NO6/c1-16-9-10-19(12-20(16)17-7-6-8-18(11-17)25(33)38-27(2,3)4)32-26(34)28(5)15-35-22-14-24-23(13-21(22)28)36-29(30,31)37-24/h6-14H,15H2,1-5H3,(H,32,34). The number of amides is 1. The summed E-state index contributed by atoms with van der Waals surface area (Å²) < 4.78 is 47.3. The number of hydrogen-bond donors (Lipinski definition) is 1. The summed E-state index contributed by atoms with van der Waals surface area (Å²) in [5.74, 6) is -0.811. The number of benzene rings is 3. The molecule has 0 fully saturated rings. The number of esters is 1. The summed E-state index contributed by atoms with van der Waals surface area (Å²) in [6, 6.07) is 15.2. The Kier molecular flexibility index (Phi) is 5.85. The molecule has 2 aliphatic rings. The van der Waals surface area contributed by atoms with Gasteiger partial charge in [-0.25, -0.2) is 4.79 Å². The van der Waals surface area contributed by atoms with Crippen molar-refractivity contribution in [3.63, 3.8) is 0 Å². The highest BCUT2D eigenvalue weighted by Crippen LogP contribution is 2.50. The molecule has 5 rings (SSSR count). The third-order valence-corrected chi connectivity index (χ3v) is 6.42. The average Bonchev–Trinajstić information content (AvgIpc) is 3.32. The van der Waals surface area contributed by atoms with E-state index in [0.717, 1.165) is 16.7 Å². The highest BCUT2D eigenvalue weighted by Gasteiger charge is 2.48. The van der Waals surface area contributed by atoms with Gasteiger partial charge in [0.1, 0.15) is 23.4 Å². The molecule has 198 valence electrons. The zero-order valence-corrected chi connectivity index (χ0v) is 21.6. The molecule has 1 amide bonds. The monoisotopic (exact) mass is 523 g/mol. The van der Waals surface area contributed by atoms with Gasteiger partial charge >= 0.3 is 12.3 Å². The molecule has 0 aliphatic carbocycles. The first kappa shape index (κ1) is 25.5. The third-order valence-electron chi connectivity index (χ3n) is 6.42. The summed E-state index contributed by atoms with van der Waals surface area (Å²) in [5.41, 5.74) is 2.15. The fourth-order valence-corrected chi connectivity index (χ4v) is 4.45. The van der Waals surface area contributed by atoms with Crippen LogP contribution < -0.4 is 19.5 Å². The maximum atomic E-state index is 13.5. The Morgan fingerprint density at radius 1 is 0.974 bits per heavy atom. The number of carbonyl (C=O) groups is 2. The van der Waals surface area contributed by atoms with Crippen LogP contribution >= 0.6 is 0 Å². The molecule has 3 aromatic rings. The first-order valence-electron chi connectivity index (χ1n) is 12.1. The number of alkyl halides is 2. The second-order valence-electron chi connectivity index (χ2n) is 10.6. The van der Waals surface area contributed by atoms with Gasteiger partial charge < -0.3 is 24.3 Å². The Bertz CT molecular complexity index is 1460. The van der Waals surface area contributed by atoms with Crippen LogP contribution in [0.2, 0.25) is 0 Å². The lowest BCUT2D eigenvalue weighted by Crippen LogP contribution is -2.39. The van der Waals surface area contributed by atoms with Crippen LogP contribution in [0.3, 0.4) is 0 Å². The lowest BCUT2D eigenvalue weighted by atomic mass is 9.83. The van der Waals surface area contributed by atoms with Crippen molar-refractivity contribution in [3.8, 4) is 28.4 Å². The van der Waals surface area contributed by atoms with E-state index in [0.29, 0.717) is 16.8 Å². The van der Waals surface area contributed by atoms with E-state index in [9.17, 15) is 18.4 Å². The van der Waals surface area contributed by atoms with Crippen molar-refractivity contribution >= 4 is 17.6 Å². The molecule has 2 aliphatic heterocycles. The molecule has 9 heteroatoms. The van der Waals surface area contributed by atoms with E-state index < -0.39 is 23.3 Å². The van der Waals surface area contributed by atoms with Gasteiger partial charge in [-0.1, -0.05) is 18.2 Å². The molecule has 7 nitrogen and oxygen atoms in total. The quantitative estimate of drug-likeness (QED) is 0.409. The fraction of sp³-hybridized carbons (Fsp3) is 0.310. The zero-order valence-electron chi connectivity index (χ0n) is 21.6. The summed E-state index contributed by atoms with van der Waals surface area (Å²) in [7, 11) is 0. The Morgan fingerprint density at radius 3 is 2.39 bits per heavy atom. The molecular formula is C29H27F2NO6. The lowest BCUT2D eigenvalue weighted by molar-refractivity contribution is -0.286. The van der Waals surface area contributed by atoms with Crippen LogP contribution in [0.1, 0.15) is 49.2 Å². The van der Waals surface area contributed by atoms with Crippen molar-refractivity contribution in [1.82, 2.24) is 0 Å². The van der Waals surface area contributed by atoms with Crippen molar-refractivity contribution in [1.29, 1.82) is 0 Å². The van der Waals surface area contributed by atoms with Crippen LogP contribution in [-0.4, -0.2) is 30.4 Å². The topological polar surface area (TPSA) is 83.1 Å². The van der Waals surface area contributed by atoms with Gasteiger partial charge in [-0.2, -0.15) is 0 Å². The summed E-state index contributed by atoms with van der Waals surface area (Å²) in [5, 5.41) is 2.92. The van der Waals surface area contributed by atoms with Crippen LogP contribution in [0.5, 0.6) is 17.2 Å². The second kappa shape index (κ2) is 8.72. The van der Waals surface area contributed by atoms with E-state index in [4.69, 9.17) is 9.47 Å². The van der Waals surface area contributed by atoms with Crippen LogP contribution in [0, 0.1) is 6.92 Å². The molecule has 1 atom stereocenters. The highest BCUT2D eigenvalue weighted by atomic mass is 19.3. The number of aryl methyl sites for hydroxylation is 1. The molecule has 0 bridgehead atoms. The van der Waals surface area contributed by atoms with E-state index in [2.05, 4.69) is 14.8 Å². The van der Waals surface area contributed by atoms with E-state index in [1.165, 1.54) is 12.1 Å². The van der Waals surface area contributed by atoms with Crippen molar-refractivity contribution in [2.45, 2.75) is 51.9 Å². The van der Waals surface area contributed by atoms with Crippen molar-refractivity contribution < 1.29 is 37.3 Å². The van der Waals surface area contributed by atoms with Gasteiger partial charge in [-0.15, -0.1) is 8.78 Å². The number of anilines is 1. The largest absolute Gasteiger partial charge is 0.586 e. The van der Waals surface area contributed by atoms with Crippen LogP contribution in [0.15, 0.2) is 54.6 Å². The Labute approximate surface area is 218 Å². The Balaban J connectivity index is 1.40. The van der Waals surface area contributed by atoms with Gasteiger partial charge in [0.2, 0.25) is 5.91 Å². The minimum Gasteiger partial charge on any atom is -0.492 e. The second-order valence-corrected chi connectivity index (χ2v) is 10.6. The molecule has 0 saturated heterocycles. The lowest BCUT2D eigenvalue weighted by Gasteiger charge is -2.22. The van der Waals surface area contributed by atoms with Gasteiger partial charge in [-0.05, 0) is 81.6 Å². The van der Waals surface area contributed by atoms with E-state index in [1.54, 1.807) is 31.2 Å². The number of rotatable bonds is 4. The van der Waals surface area contributed by atoms with E-state index >= 15 is 0 Å². The summed E-state index contributed by atoms with van der Waals surface area (Å²) in [6.45, 7) is 9.05. The van der Waals surface area contributed by atoms with Crippen LogP contribution in [-0.2, 0) is 14.9 Å². The van der Waals surface area contributed by atoms with Crippen LogP contribution in [0.4, 0.5) is 14.5 Å². The average molecular weight is 524 g/mol. The van der Waals surface area contributed by atoms with Crippen molar-refractivity contribution in [2.75, 3.05) is 11.9 Å². The maximum Gasteiger partial charge on any atom is 0.586 e. The van der Waals surface area contributed by atoms with Crippen LogP contribution in [0.25, 0.3) is 11.1 Å². The highest BCUT2D eigenvalue weighted by molar-refractivity contribution is 6.01. The van der Waals surface area contributed by atoms with Crippen molar-refractivity contribution in [3.05, 3.63) is 71.3 Å². The third kappa shape index (κ3) is 4.76. The van der Waals surface area contributed by atoms with Gasteiger partial charge in [0.15, 0.2) is 11.5 Å². The normalized spacial score (nSPS) is 18.9. The molecule has 1 unspecified atom stereocenters. The Hall–Kier alpha value is -4.14. The Morgan fingerprint density at radius 2 is 1.68 bits per heavy atom. The zero-order chi connectivity index (χ0) is 27.5. The van der Waals surface area contributed by atoms with Gasteiger partial charge in [0.05, 0.1) is 5.56 Å². The number of halogens is 2. The predicted octanol–water partition coefficient (Wildman–Crippen LogP) is 6.23. The minimum absolute atomic E-state index is 0.0180. The first-order valence-corrected chi connectivity index (χ1v) is 12.1. The fourth-order valence-electron chi connectivity index (χ4n) is 4.45. The number of fused-ring (bicyclic) bond motifs is 2. The van der Waals surface area contributed by atoms with Gasteiger partial charge in [0, 0.05) is 17.3 Å². The van der Waals surface area contributed by atoms with Crippen molar-refractivity contribution in [2.24, 2.45) is 0 Å². The summed E-state index contributed by atoms with van der Waals surface area (Å²) in [4.78, 5) is 26.0. The molecule has 3 aromatic carbocycles. The molecule has 0 saturated carbocycles. The molecule has 38 heavy (non-hydrogen) atoms. The molecule has 0 spiro atoms. The molecular weight excluding hydrogens is 496 g/mol. The molecule has 2 heterocycles.